The molecule has 1 aliphatic heterocycles. The number of piperidine rings is 1. The molecule has 1 fully saturated rings. The van der Waals surface area contributed by atoms with Gasteiger partial charge in [0.2, 0.25) is 10.0 Å². The minimum absolute atomic E-state index is 0.0198. The second-order valence-electron chi connectivity index (χ2n) is 6.10. The highest BCUT2D eigenvalue weighted by Gasteiger charge is 2.36. The van der Waals surface area contributed by atoms with Crippen LogP contribution in [0.1, 0.15) is 18.9 Å². The van der Waals surface area contributed by atoms with Gasteiger partial charge in [0, 0.05) is 13.1 Å². The van der Waals surface area contributed by atoms with Crippen LogP contribution in [0.5, 0.6) is 0 Å². The zero-order valence-corrected chi connectivity index (χ0v) is 14.5. The van der Waals surface area contributed by atoms with Gasteiger partial charge in [-0.05, 0) is 30.0 Å². The monoisotopic (exact) mass is 355 g/mol. The SMILES string of the molecule is COC(=O)Cc1cccc(S(=O)(=O)N2CC(C)CC(C(=O)O)C2)c1. The number of aliphatic carboxylic acids is 1. The summed E-state index contributed by atoms with van der Waals surface area (Å²) in [7, 11) is -2.54. The number of hydrogen-bond donors (Lipinski definition) is 1. The normalized spacial score (nSPS) is 22.1. The number of benzene rings is 1. The third-order valence-electron chi connectivity index (χ3n) is 4.09. The van der Waals surface area contributed by atoms with Crippen molar-refractivity contribution in [3.8, 4) is 0 Å². The molecule has 1 aromatic carbocycles. The van der Waals surface area contributed by atoms with Crippen molar-refractivity contribution in [3.63, 3.8) is 0 Å². The Morgan fingerprint density at radius 1 is 1.33 bits per heavy atom. The number of carboxylic acids is 1. The highest BCUT2D eigenvalue weighted by molar-refractivity contribution is 7.89. The molecule has 24 heavy (non-hydrogen) atoms. The molecule has 0 aliphatic carbocycles. The number of carbonyl (C=O) groups is 2. The number of nitrogens with zero attached hydrogens (tertiary/aromatic N) is 1. The van der Waals surface area contributed by atoms with Crippen LogP contribution in [0.4, 0.5) is 0 Å². The smallest absolute Gasteiger partial charge is 0.309 e. The third kappa shape index (κ3) is 4.12. The summed E-state index contributed by atoms with van der Waals surface area (Å²) in [5.41, 5.74) is 0.530. The Bertz CT molecular complexity index is 730. The van der Waals surface area contributed by atoms with Crippen LogP contribution in [0.3, 0.4) is 0 Å². The summed E-state index contributed by atoms with van der Waals surface area (Å²) in [5, 5.41) is 9.21. The van der Waals surface area contributed by atoms with Crippen LogP contribution in [-0.2, 0) is 30.8 Å². The molecule has 0 saturated carbocycles. The van der Waals surface area contributed by atoms with E-state index in [-0.39, 0.29) is 30.3 Å². The lowest BCUT2D eigenvalue weighted by Gasteiger charge is -2.33. The number of esters is 1. The van der Waals surface area contributed by atoms with Gasteiger partial charge in [-0.1, -0.05) is 19.1 Å². The number of ether oxygens (including phenoxy) is 1. The number of hydrogen-bond acceptors (Lipinski definition) is 5. The zero-order valence-electron chi connectivity index (χ0n) is 13.6. The van der Waals surface area contributed by atoms with Gasteiger partial charge in [-0.15, -0.1) is 0 Å². The maximum Gasteiger partial charge on any atom is 0.309 e. The van der Waals surface area contributed by atoms with Crippen LogP contribution in [0.15, 0.2) is 29.2 Å². The summed E-state index contributed by atoms with van der Waals surface area (Å²) in [5.74, 6) is -2.18. The first-order chi connectivity index (χ1) is 11.2. The van der Waals surface area contributed by atoms with Crippen molar-refractivity contribution in [2.24, 2.45) is 11.8 Å². The van der Waals surface area contributed by atoms with E-state index in [2.05, 4.69) is 4.74 Å². The lowest BCUT2D eigenvalue weighted by atomic mass is 9.92. The number of methoxy groups -OCH3 is 1. The van der Waals surface area contributed by atoms with Gasteiger partial charge in [0.1, 0.15) is 0 Å². The van der Waals surface area contributed by atoms with Crippen LogP contribution in [0.25, 0.3) is 0 Å². The first kappa shape index (κ1) is 18.4. The minimum atomic E-state index is -3.81. The number of carbonyl (C=O) groups excluding carboxylic acids is 1. The molecule has 2 rings (SSSR count). The van der Waals surface area contributed by atoms with E-state index < -0.39 is 27.9 Å². The van der Waals surface area contributed by atoms with Gasteiger partial charge in [0.15, 0.2) is 0 Å². The van der Waals surface area contributed by atoms with E-state index in [1.54, 1.807) is 12.1 Å². The molecule has 132 valence electrons. The average Bonchev–Trinajstić information content (AvgIpc) is 2.54. The molecule has 8 heteroatoms. The van der Waals surface area contributed by atoms with Gasteiger partial charge in [-0.3, -0.25) is 9.59 Å². The van der Waals surface area contributed by atoms with Crippen LogP contribution < -0.4 is 0 Å². The third-order valence-corrected chi connectivity index (χ3v) is 5.92. The van der Waals surface area contributed by atoms with Gasteiger partial charge in [0.25, 0.3) is 0 Å². The van der Waals surface area contributed by atoms with Gasteiger partial charge >= 0.3 is 11.9 Å². The molecule has 1 saturated heterocycles. The molecule has 1 heterocycles. The lowest BCUT2D eigenvalue weighted by molar-refractivity contribution is -0.143. The Labute approximate surface area is 141 Å². The van der Waals surface area contributed by atoms with Gasteiger partial charge in [-0.2, -0.15) is 4.31 Å². The van der Waals surface area contributed by atoms with Crippen LogP contribution in [0, 0.1) is 11.8 Å². The first-order valence-electron chi connectivity index (χ1n) is 7.62. The molecule has 0 radical (unpaired) electrons. The van der Waals surface area contributed by atoms with Gasteiger partial charge < -0.3 is 9.84 Å². The molecular weight excluding hydrogens is 334 g/mol. The summed E-state index contributed by atoms with van der Waals surface area (Å²) in [6.45, 7) is 2.09. The summed E-state index contributed by atoms with van der Waals surface area (Å²) < 4.78 is 31.5. The van der Waals surface area contributed by atoms with Gasteiger partial charge in [-0.25, -0.2) is 8.42 Å². The van der Waals surface area contributed by atoms with Crippen molar-refractivity contribution in [2.45, 2.75) is 24.7 Å². The second kappa shape index (κ2) is 7.31. The Hall–Kier alpha value is -1.93. The van der Waals surface area contributed by atoms with Crippen LogP contribution in [0.2, 0.25) is 0 Å². The minimum Gasteiger partial charge on any atom is -0.481 e. The Morgan fingerprint density at radius 3 is 2.67 bits per heavy atom. The molecule has 0 aromatic heterocycles. The largest absolute Gasteiger partial charge is 0.481 e. The van der Waals surface area contributed by atoms with Crippen molar-refractivity contribution >= 4 is 22.0 Å². The van der Waals surface area contributed by atoms with Crippen molar-refractivity contribution < 1.29 is 27.9 Å². The molecule has 2 atom stereocenters. The standard InChI is InChI=1S/C16H21NO6S/c1-11-6-13(16(19)20)10-17(9-11)24(21,22)14-5-3-4-12(7-14)8-15(18)23-2/h3-5,7,11,13H,6,8-10H2,1-2H3,(H,19,20). The fourth-order valence-electron chi connectivity index (χ4n) is 2.88. The van der Waals surface area contributed by atoms with Crippen LogP contribution in [-0.4, -0.2) is 50.0 Å². The molecule has 2 unspecified atom stereocenters. The molecular formula is C16H21NO6S. The summed E-state index contributed by atoms with van der Waals surface area (Å²) in [4.78, 5) is 22.7. The van der Waals surface area contributed by atoms with E-state index >= 15 is 0 Å². The van der Waals surface area contributed by atoms with E-state index in [1.807, 2.05) is 6.92 Å². The van der Waals surface area contributed by atoms with Crippen molar-refractivity contribution in [2.75, 3.05) is 20.2 Å². The zero-order chi connectivity index (χ0) is 17.9. The maximum atomic E-state index is 12.8. The average molecular weight is 355 g/mol. The molecule has 1 aliphatic rings. The number of carboxylic acid groups (broad SMARTS) is 1. The van der Waals surface area contributed by atoms with Crippen molar-refractivity contribution in [1.82, 2.24) is 4.31 Å². The van der Waals surface area contributed by atoms with E-state index in [0.717, 1.165) is 0 Å². The fraction of sp³-hybridized carbons (Fsp3) is 0.500. The lowest BCUT2D eigenvalue weighted by Crippen LogP contribution is -2.45. The summed E-state index contributed by atoms with van der Waals surface area (Å²) in [6, 6.07) is 6.09. The molecule has 0 spiro atoms. The van der Waals surface area contributed by atoms with Crippen molar-refractivity contribution in [1.29, 1.82) is 0 Å². The topological polar surface area (TPSA) is 101 Å². The van der Waals surface area contributed by atoms with E-state index in [4.69, 9.17) is 0 Å². The molecule has 0 bridgehead atoms. The van der Waals surface area contributed by atoms with E-state index in [0.29, 0.717) is 12.0 Å². The predicted molar refractivity (Wildman–Crippen MR) is 85.8 cm³/mol. The first-order valence-corrected chi connectivity index (χ1v) is 9.06. The highest BCUT2D eigenvalue weighted by Crippen LogP contribution is 2.27. The Morgan fingerprint density at radius 2 is 2.04 bits per heavy atom. The van der Waals surface area contributed by atoms with Crippen molar-refractivity contribution in [3.05, 3.63) is 29.8 Å². The highest BCUT2D eigenvalue weighted by atomic mass is 32.2. The Balaban J connectivity index is 2.27. The maximum absolute atomic E-state index is 12.8. The van der Waals surface area contributed by atoms with E-state index in [9.17, 15) is 23.1 Å². The Kier molecular flexibility index (Phi) is 5.61. The second-order valence-corrected chi connectivity index (χ2v) is 8.04. The number of rotatable bonds is 5. The molecule has 1 N–H and O–H groups in total. The summed E-state index contributed by atoms with van der Waals surface area (Å²) in [6.07, 6.45) is 0.442. The number of sulfonamides is 1. The fourth-order valence-corrected chi connectivity index (χ4v) is 4.56. The molecule has 1 aromatic rings. The predicted octanol–water partition coefficient (Wildman–Crippen LogP) is 1.13. The summed E-state index contributed by atoms with van der Waals surface area (Å²) >= 11 is 0. The molecule has 7 nitrogen and oxygen atoms in total. The molecule has 0 amide bonds. The quantitative estimate of drug-likeness (QED) is 0.795. The van der Waals surface area contributed by atoms with Gasteiger partial charge in [0.05, 0.1) is 24.3 Å². The van der Waals surface area contributed by atoms with E-state index in [1.165, 1.54) is 23.5 Å². The van der Waals surface area contributed by atoms with Crippen LogP contribution >= 0.6 is 0 Å².